The zero-order chi connectivity index (χ0) is 32.2. The number of hydrogen-bond acceptors (Lipinski definition) is 9. The number of nitrogens with one attached hydrogen (secondary N) is 3. The molecule has 6 unspecified atom stereocenters. The number of aliphatic hydroxyl groups is 1. The summed E-state index contributed by atoms with van der Waals surface area (Å²) in [5.74, 6) is 7.63. The lowest BCUT2D eigenvalue weighted by atomic mass is 9.71. The summed E-state index contributed by atoms with van der Waals surface area (Å²) in [5, 5.41) is 21.3. The van der Waals surface area contributed by atoms with Gasteiger partial charge in [0.1, 0.15) is 24.0 Å². The molecule has 250 valence electrons. The summed E-state index contributed by atoms with van der Waals surface area (Å²) in [6.07, 6.45) is 10.9. The topological polar surface area (TPSA) is 121 Å². The third kappa shape index (κ3) is 10.9. The van der Waals surface area contributed by atoms with Crippen molar-refractivity contribution in [3.8, 4) is 11.8 Å². The zero-order valence-electron chi connectivity index (χ0n) is 28.0. The van der Waals surface area contributed by atoms with Gasteiger partial charge in [0.2, 0.25) is 0 Å². The highest BCUT2D eigenvalue weighted by Gasteiger charge is 2.40. The van der Waals surface area contributed by atoms with Gasteiger partial charge in [-0.05, 0) is 76.3 Å². The fraction of sp³-hybridized carbons (Fsp3) is 0.778. The van der Waals surface area contributed by atoms with Gasteiger partial charge in [0.05, 0.1) is 30.5 Å². The number of esters is 1. The molecular weight excluding hydrogens is 568 g/mol. The maximum Gasteiger partial charge on any atom is 0.302 e. The number of ether oxygens (including phenoxy) is 2. The van der Waals surface area contributed by atoms with Gasteiger partial charge in [-0.15, -0.1) is 4.99 Å². The SMILES string of the molecule is CC[C@H]1CC[C@@H](OC(C)=O)CC(=O)C[C@H](C2CC(CNC)C(O)C(OC)C2)C#CCNC2CC(CCN2)CCC2=C(C=N[CH+]2)C1. The van der Waals surface area contributed by atoms with Gasteiger partial charge in [-0.2, -0.15) is 0 Å². The number of allylic oxidation sites excluding steroid dienone is 1. The van der Waals surface area contributed by atoms with Crippen LogP contribution in [0.25, 0.3) is 0 Å². The third-order valence-electron chi connectivity index (χ3n) is 10.5. The van der Waals surface area contributed by atoms with Crippen molar-refractivity contribution < 1.29 is 24.2 Å². The van der Waals surface area contributed by atoms with Crippen LogP contribution in [0.15, 0.2) is 16.1 Å². The number of carbonyl (C=O) groups is 2. The summed E-state index contributed by atoms with van der Waals surface area (Å²) in [5.41, 5.74) is 2.69. The molecule has 2 bridgehead atoms. The second-order valence-electron chi connectivity index (χ2n) is 13.8. The second-order valence-corrected chi connectivity index (χ2v) is 13.8. The quantitative estimate of drug-likeness (QED) is 0.199. The Morgan fingerprint density at radius 1 is 1.16 bits per heavy atom. The number of piperidine rings is 1. The van der Waals surface area contributed by atoms with E-state index in [1.54, 1.807) is 7.11 Å². The molecule has 4 N–H and O–H groups in total. The van der Waals surface area contributed by atoms with Crippen LogP contribution in [-0.4, -0.2) is 81.3 Å². The van der Waals surface area contributed by atoms with Crippen molar-refractivity contribution in [3.63, 3.8) is 0 Å². The molecule has 3 aliphatic heterocycles. The molecule has 1 saturated heterocycles. The van der Waals surface area contributed by atoms with Crippen LogP contribution in [0.4, 0.5) is 0 Å². The van der Waals surface area contributed by atoms with Crippen molar-refractivity contribution in [2.45, 2.75) is 115 Å². The van der Waals surface area contributed by atoms with Gasteiger partial charge in [-0.25, -0.2) is 0 Å². The summed E-state index contributed by atoms with van der Waals surface area (Å²) < 4.78 is 11.4. The van der Waals surface area contributed by atoms with E-state index < -0.39 is 12.2 Å². The lowest BCUT2D eigenvalue weighted by molar-refractivity contribution is -0.148. The summed E-state index contributed by atoms with van der Waals surface area (Å²) in [6, 6.07) is 0. The predicted octanol–water partition coefficient (Wildman–Crippen LogP) is 3.96. The Kier molecular flexibility index (Phi) is 14.4. The van der Waals surface area contributed by atoms with Crippen LogP contribution >= 0.6 is 0 Å². The van der Waals surface area contributed by atoms with Gasteiger partial charge >= 0.3 is 5.97 Å². The largest absolute Gasteiger partial charge is 0.462 e. The van der Waals surface area contributed by atoms with Crippen LogP contribution in [0, 0.1) is 48.0 Å². The molecule has 0 aromatic carbocycles. The van der Waals surface area contributed by atoms with E-state index in [4.69, 9.17) is 9.47 Å². The van der Waals surface area contributed by atoms with Crippen LogP contribution < -0.4 is 16.0 Å². The number of aliphatic hydroxyl groups excluding tert-OH is 1. The second kappa shape index (κ2) is 18.2. The maximum atomic E-state index is 13.7. The minimum absolute atomic E-state index is 0.0241. The Balaban J connectivity index is 1.55. The Hall–Kier alpha value is -2.22. The molecule has 0 aromatic rings. The van der Waals surface area contributed by atoms with E-state index in [1.165, 1.54) is 24.5 Å². The van der Waals surface area contributed by atoms with E-state index in [1.807, 2.05) is 19.8 Å². The molecule has 9 nitrogen and oxygen atoms in total. The molecule has 0 spiro atoms. The third-order valence-corrected chi connectivity index (χ3v) is 10.5. The van der Waals surface area contributed by atoms with Crippen molar-refractivity contribution in [1.82, 2.24) is 16.0 Å². The monoisotopic (exact) mass is 625 g/mol. The molecule has 0 amide bonds. The molecule has 45 heavy (non-hydrogen) atoms. The fourth-order valence-corrected chi connectivity index (χ4v) is 7.86. The number of ketones is 1. The Bertz CT molecular complexity index is 1100. The Morgan fingerprint density at radius 3 is 2.76 bits per heavy atom. The molecule has 4 rings (SSSR count). The fourth-order valence-electron chi connectivity index (χ4n) is 7.86. The minimum atomic E-state index is -0.554. The van der Waals surface area contributed by atoms with E-state index in [0.717, 1.165) is 51.5 Å². The number of hydrogen-bond donors (Lipinski definition) is 4. The number of methoxy groups -OCH3 is 1. The van der Waals surface area contributed by atoms with Crippen LogP contribution in [-0.2, 0) is 19.1 Å². The van der Waals surface area contributed by atoms with Crippen LogP contribution in [0.3, 0.4) is 0 Å². The number of aliphatic imine (C=N–C) groups is 1. The lowest BCUT2D eigenvalue weighted by Gasteiger charge is -2.40. The van der Waals surface area contributed by atoms with Gasteiger partial charge in [0.15, 0.2) is 6.21 Å². The summed E-state index contributed by atoms with van der Waals surface area (Å²) in [4.78, 5) is 30.2. The molecule has 1 aliphatic carbocycles. The Morgan fingerprint density at radius 2 is 2.00 bits per heavy atom. The van der Waals surface area contributed by atoms with Crippen molar-refractivity contribution in [3.05, 3.63) is 17.7 Å². The van der Waals surface area contributed by atoms with Gasteiger partial charge in [-0.1, -0.05) is 25.2 Å². The van der Waals surface area contributed by atoms with Crippen molar-refractivity contribution in [2.75, 3.05) is 33.8 Å². The first-order valence-corrected chi connectivity index (χ1v) is 17.4. The summed E-state index contributed by atoms with van der Waals surface area (Å²) in [7, 11) is 3.54. The van der Waals surface area contributed by atoms with Crippen LogP contribution in [0.1, 0.15) is 90.9 Å². The molecule has 0 aromatic heterocycles. The van der Waals surface area contributed by atoms with E-state index in [0.29, 0.717) is 44.2 Å². The van der Waals surface area contributed by atoms with E-state index in [2.05, 4.69) is 39.7 Å². The maximum absolute atomic E-state index is 13.7. The van der Waals surface area contributed by atoms with Crippen molar-refractivity contribution >= 4 is 18.0 Å². The number of rotatable bonds is 6. The van der Waals surface area contributed by atoms with E-state index in [9.17, 15) is 14.7 Å². The van der Waals surface area contributed by atoms with E-state index >= 15 is 0 Å². The standard InChI is InChI=1S/C36H57N4O5/c1-5-25-9-11-33(45-24(2)41)20-32(42)18-27(29-17-31(21-37-3)36(43)34(19-29)44-4)7-6-13-39-35-16-26(12-14-40-35)8-10-28-22-38-23-30(28)15-25/h22-23,25-27,29,31,33-37,39-40,43H,5,8-21H2,1-4H3/q+1/t25-,26?,27+,29?,31?,33+,34?,35?,36?/m0/s1. The van der Waals surface area contributed by atoms with Crippen molar-refractivity contribution in [1.29, 1.82) is 0 Å². The van der Waals surface area contributed by atoms with E-state index in [-0.39, 0.29) is 48.2 Å². The molecular formula is C36H57N4O5+. The number of carbonyl (C=O) groups excluding carboxylic acids is 2. The molecule has 0 radical (unpaired) electrons. The zero-order valence-corrected chi connectivity index (χ0v) is 28.0. The van der Waals surface area contributed by atoms with Gasteiger partial charge in [0, 0.05) is 58.1 Å². The molecule has 9 heteroatoms. The highest BCUT2D eigenvalue weighted by atomic mass is 16.5. The van der Waals surface area contributed by atoms with Gasteiger partial charge in [0.25, 0.3) is 0 Å². The highest BCUT2D eigenvalue weighted by Crippen LogP contribution is 2.37. The highest BCUT2D eigenvalue weighted by molar-refractivity contribution is 5.84. The Labute approximate surface area is 271 Å². The lowest BCUT2D eigenvalue weighted by Crippen LogP contribution is -2.48. The first-order chi connectivity index (χ1) is 21.8. The normalized spacial score (nSPS) is 35.5. The van der Waals surface area contributed by atoms with Crippen LogP contribution in [0.5, 0.6) is 0 Å². The molecule has 4 aliphatic rings. The first kappa shape index (κ1) is 35.6. The summed E-state index contributed by atoms with van der Waals surface area (Å²) >= 11 is 0. The molecule has 3 heterocycles. The number of nitrogens with zero attached hydrogens (tertiary/aromatic N) is 1. The average molecular weight is 626 g/mol. The smallest absolute Gasteiger partial charge is 0.302 e. The van der Waals surface area contributed by atoms with Gasteiger partial charge in [-0.3, -0.25) is 14.9 Å². The molecule has 2 fully saturated rings. The van der Waals surface area contributed by atoms with Gasteiger partial charge < -0.3 is 25.2 Å². The number of Topliss-reactive ketones (excluding diaryl/α,β-unsaturated/α-hetero) is 1. The number of fused-ring (bicyclic) bond motifs is 2. The molecule has 1 saturated carbocycles. The van der Waals surface area contributed by atoms with Crippen molar-refractivity contribution in [2.24, 2.45) is 34.6 Å². The minimum Gasteiger partial charge on any atom is -0.462 e. The first-order valence-electron chi connectivity index (χ1n) is 17.4. The predicted molar refractivity (Wildman–Crippen MR) is 177 cm³/mol. The average Bonchev–Trinajstić information content (AvgIpc) is 3.46. The summed E-state index contributed by atoms with van der Waals surface area (Å²) in [6.45, 7) is 7.90. The van der Waals surface area contributed by atoms with Crippen LogP contribution in [0.2, 0.25) is 0 Å². The molecule has 9 atom stereocenters.